The lowest BCUT2D eigenvalue weighted by molar-refractivity contribution is 0.515. The lowest BCUT2D eigenvalue weighted by Gasteiger charge is -2.09. The molecule has 1 aromatic heterocycles. The first-order chi connectivity index (χ1) is 7.50. The maximum absolute atomic E-state index is 11.4. The van der Waals surface area contributed by atoms with Crippen molar-refractivity contribution in [2.75, 3.05) is 13.1 Å². The number of hydrogen-bond donors (Lipinski definition) is 2. The minimum absolute atomic E-state index is 0.309. The zero-order valence-electron chi connectivity index (χ0n) is 10.0. The van der Waals surface area contributed by atoms with Crippen molar-refractivity contribution in [2.45, 2.75) is 27.3 Å². The maximum atomic E-state index is 11.4. The number of hydrogen-bond acceptors (Lipinski definition) is 3. The van der Waals surface area contributed by atoms with E-state index in [1.165, 1.54) is 4.57 Å². The van der Waals surface area contributed by atoms with Gasteiger partial charge in [0.25, 0.3) is 5.56 Å². The molecule has 5 nitrogen and oxygen atoms in total. The Hall–Kier alpha value is -1.36. The van der Waals surface area contributed by atoms with Gasteiger partial charge in [0.05, 0.1) is 0 Å². The zero-order chi connectivity index (χ0) is 12.1. The van der Waals surface area contributed by atoms with Crippen LogP contribution in [0.25, 0.3) is 0 Å². The van der Waals surface area contributed by atoms with Crippen LogP contribution in [0.3, 0.4) is 0 Å². The molecule has 0 unspecified atom stereocenters. The second kappa shape index (κ2) is 5.65. The smallest absolute Gasteiger partial charge is 0.315 e. The molecule has 0 radical (unpaired) electrons. The Morgan fingerprint density at radius 2 is 2.12 bits per heavy atom. The van der Waals surface area contributed by atoms with Crippen LogP contribution in [0.5, 0.6) is 0 Å². The van der Waals surface area contributed by atoms with E-state index in [-0.39, 0.29) is 11.2 Å². The van der Waals surface area contributed by atoms with Gasteiger partial charge in [0, 0.05) is 24.8 Å². The molecular weight excluding hydrogens is 206 g/mol. The molecule has 1 heterocycles. The van der Waals surface area contributed by atoms with Gasteiger partial charge in [0.2, 0.25) is 0 Å². The number of H-pyrrole nitrogens is 1. The molecule has 0 saturated carbocycles. The normalized spacial score (nSPS) is 11.0. The highest BCUT2D eigenvalue weighted by Gasteiger charge is 2.00. The van der Waals surface area contributed by atoms with Gasteiger partial charge in [-0.05, 0) is 19.4 Å². The van der Waals surface area contributed by atoms with Gasteiger partial charge in [-0.15, -0.1) is 0 Å². The van der Waals surface area contributed by atoms with Crippen LogP contribution in [0.4, 0.5) is 0 Å². The summed E-state index contributed by atoms with van der Waals surface area (Å²) in [5.41, 5.74) is -0.0956. The Labute approximate surface area is 94.5 Å². The molecule has 0 spiro atoms. The summed E-state index contributed by atoms with van der Waals surface area (Å²) in [4.78, 5) is 24.8. The van der Waals surface area contributed by atoms with Gasteiger partial charge in [-0.1, -0.05) is 13.8 Å². The number of nitrogens with zero attached hydrogens (tertiary/aromatic N) is 1. The first-order valence-electron chi connectivity index (χ1n) is 5.52. The van der Waals surface area contributed by atoms with Crippen LogP contribution in [0, 0.1) is 12.8 Å². The molecule has 90 valence electrons. The van der Waals surface area contributed by atoms with Gasteiger partial charge < -0.3 is 5.32 Å². The molecule has 5 heteroatoms. The fourth-order valence-corrected chi connectivity index (χ4v) is 1.37. The van der Waals surface area contributed by atoms with Crippen molar-refractivity contribution in [3.8, 4) is 0 Å². The number of aromatic amines is 1. The second-order valence-electron chi connectivity index (χ2n) is 4.36. The summed E-state index contributed by atoms with van der Waals surface area (Å²) in [7, 11) is 0. The van der Waals surface area contributed by atoms with Crippen LogP contribution in [-0.2, 0) is 6.54 Å². The van der Waals surface area contributed by atoms with Crippen LogP contribution in [0.15, 0.2) is 15.8 Å². The van der Waals surface area contributed by atoms with E-state index in [1.54, 1.807) is 13.1 Å². The average Bonchev–Trinajstić information content (AvgIpc) is 2.19. The van der Waals surface area contributed by atoms with E-state index >= 15 is 0 Å². The van der Waals surface area contributed by atoms with Gasteiger partial charge >= 0.3 is 5.69 Å². The van der Waals surface area contributed by atoms with E-state index in [4.69, 9.17) is 0 Å². The van der Waals surface area contributed by atoms with Crippen molar-refractivity contribution in [1.82, 2.24) is 14.9 Å². The van der Waals surface area contributed by atoms with Gasteiger partial charge in [0.15, 0.2) is 0 Å². The number of aryl methyl sites for hydroxylation is 1. The minimum Gasteiger partial charge on any atom is -0.315 e. The lowest BCUT2D eigenvalue weighted by atomic mass is 10.2. The van der Waals surface area contributed by atoms with Gasteiger partial charge in [-0.3, -0.25) is 14.3 Å². The lowest BCUT2D eigenvalue weighted by Crippen LogP contribution is -2.34. The summed E-state index contributed by atoms with van der Waals surface area (Å²) in [6.45, 7) is 8.17. The van der Waals surface area contributed by atoms with E-state index in [9.17, 15) is 9.59 Å². The summed E-state index contributed by atoms with van der Waals surface area (Å²) >= 11 is 0. The Bertz CT molecular complexity index is 445. The van der Waals surface area contributed by atoms with Crippen LogP contribution in [0.2, 0.25) is 0 Å². The summed E-state index contributed by atoms with van der Waals surface area (Å²) in [5.74, 6) is 0.592. The van der Waals surface area contributed by atoms with Crippen LogP contribution in [-0.4, -0.2) is 22.6 Å². The fourth-order valence-electron chi connectivity index (χ4n) is 1.37. The largest absolute Gasteiger partial charge is 0.328 e. The predicted octanol–water partition coefficient (Wildman–Crippen LogP) is 0.0906. The van der Waals surface area contributed by atoms with Gasteiger partial charge in [0.1, 0.15) is 0 Å². The molecule has 2 N–H and O–H groups in total. The number of rotatable bonds is 5. The van der Waals surface area contributed by atoms with Gasteiger partial charge in [-0.25, -0.2) is 4.79 Å². The molecule has 0 aromatic carbocycles. The van der Waals surface area contributed by atoms with E-state index in [1.807, 2.05) is 0 Å². The minimum atomic E-state index is -0.345. The first-order valence-corrected chi connectivity index (χ1v) is 5.52. The first kappa shape index (κ1) is 12.7. The third kappa shape index (κ3) is 3.66. The van der Waals surface area contributed by atoms with Gasteiger partial charge in [-0.2, -0.15) is 0 Å². The second-order valence-corrected chi connectivity index (χ2v) is 4.36. The average molecular weight is 225 g/mol. The maximum Gasteiger partial charge on any atom is 0.328 e. The Kier molecular flexibility index (Phi) is 4.49. The zero-order valence-corrected chi connectivity index (χ0v) is 10.0. The monoisotopic (exact) mass is 225 g/mol. The molecule has 0 atom stereocenters. The van der Waals surface area contributed by atoms with Crippen LogP contribution < -0.4 is 16.6 Å². The molecule has 0 aliphatic heterocycles. The third-order valence-electron chi connectivity index (χ3n) is 2.27. The SMILES string of the molecule is Cc1cn(CCNCC(C)C)c(=O)[nH]c1=O. The van der Waals surface area contributed by atoms with E-state index in [0.29, 0.717) is 18.0 Å². The molecule has 0 amide bonds. The predicted molar refractivity (Wildman–Crippen MR) is 63.8 cm³/mol. The van der Waals surface area contributed by atoms with Crippen LogP contribution >= 0.6 is 0 Å². The summed E-state index contributed by atoms with van der Waals surface area (Å²) in [6.07, 6.45) is 1.60. The Morgan fingerprint density at radius 1 is 1.44 bits per heavy atom. The molecule has 0 bridgehead atoms. The third-order valence-corrected chi connectivity index (χ3v) is 2.27. The molecule has 1 aromatic rings. The van der Waals surface area contributed by atoms with E-state index < -0.39 is 0 Å². The molecule has 0 aliphatic rings. The summed E-state index contributed by atoms with van der Waals surface area (Å²) in [6, 6.07) is 0. The molecule has 0 fully saturated rings. The highest BCUT2D eigenvalue weighted by atomic mass is 16.2. The topological polar surface area (TPSA) is 66.9 Å². The standard InChI is InChI=1S/C11H19N3O2/c1-8(2)6-12-4-5-14-7-9(3)10(15)13-11(14)16/h7-8,12H,4-6H2,1-3H3,(H,13,15,16). The van der Waals surface area contributed by atoms with E-state index in [2.05, 4.69) is 24.1 Å². The molecule has 0 saturated heterocycles. The van der Waals surface area contributed by atoms with Crippen molar-refractivity contribution in [2.24, 2.45) is 5.92 Å². The van der Waals surface area contributed by atoms with Crippen molar-refractivity contribution >= 4 is 0 Å². The quantitative estimate of drug-likeness (QED) is 0.698. The summed E-state index contributed by atoms with van der Waals surface area (Å²) in [5, 5.41) is 3.24. The fraction of sp³-hybridized carbons (Fsp3) is 0.636. The highest BCUT2D eigenvalue weighted by molar-refractivity contribution is 5.00. The number of aromatic nitrogens is 2. The molecule has 1 rings (SSSR count). The molecule has 0 aliphatic carbocycles. The van der Waals surface area contributed by atoms with Crippen molar-refractivity contribution < 1.29 is 0 Å². The van der Waals surface area contributed by atoms with E-state index in [0.717, 1.165) is 13.1 Å². The summed E-state index contributed by atoms with van der Waals surface area (Å²) < 4.78 is 1.52. The molecule has 16 heavy (non-hydrogen) atoms. The van der Waals surface area contributed by atoms with Crippen molar-refractivity contribution in [3.05, 3.63) is 32.6 Å². The molecular formula is C11H19N3O2. The van der Waals surface area contributed by atoms with Crippen LogP contribution in [0.1, 0.15) is 19.4 Å². The Balaban J connectivity index is 2.58. The highest BCUT2D eigenvalue weighted by Crippen LogP contribution is 1.87. The Morgan fingerprint density at radius 3 is 2.75 bits per heavy atom. The van der Waals surface area contributed by atoms with Crippen molar-refractivity contribution in [1.29, 1.82) is 0 Å². The number of nitrogens with one attached hydrogen (secondary N) is 2. The van der Waals surface area contributed by atoms with Crippen molar-refractivity contribution in [3.63, 3.8) is 0 Å².